The fourth-order valence-electron chi connectivity index (χ4n) is 6.44. The summed E-state index contributed by atoms with van der Waals surface area (Å²) in [5.74, 6) is 0.412. The predicted octanol–water partition coefficient (Wildman–Crippen LogP) is 2.75. The van der Waals surface area contributed by atoms with Crippen LogP contribution >= 0.6 is 0 Å². The monoisotopic (exact) mass is 830 g/mol. The summed E-state index contributed by atoms with van der Waals surface area (Å²) in [5, 5.41) is 41.1. The van der Waals surface area contributed by atoms with Gasteiger partial charge in [-0.1, -0.05) is 0 Å². The van der Waals surface area contributed by atoms with Crippen LogP contribution in [0.4, 0.5) is 21.2 Å². The molecule has 4 aromatic rings. The Morgan fingerprint density at radius 3 is 1.81 bits per heavy atom. The minimum Gasteiger partial charge on any atom is -0.460 e. The van der Waals surface area contributed by atoms with E-state index in [1.807, 2.05) is 0 Å². The van der Waals surface area contributed by atoms with Crippen LogP contribution in [0.15, 0.2) is 25.3 Å². The molecule has 6 atom stereocenters. The molecule has 6 heterocycles. The molecule has 2 saturated heterocycles. The molecule has 4 aromatic heterocycles. The summed E-state index contributed by atoms with van der Waals surface area (Å²) in [7, 11) is 0. The SMILES string of the molecule is CC(C)(C)OC(=O)N(CC(C)(C)OC=O)c1ncnc2c1ncn2[C@H]1C[C@@H](O)[C@@H](CCO)O1.CC(C)(C)OC(=O)Nc1ncnc2c1ncn2[C@H]1C[C@@H](O)[C@@H](CCO)O1. The van der Waals surface area contributed by atoms with Crippen LogP contribution in [0.5, 0.6) is 0 Å². The fraction of sp³-hybridized carbons (Fsp3) is 0.649. The molecule has 2 aliphatic heterocycles. The molecule has 0 spiro atoms. The molecule has 22 heteroatoms. The first-order valence-electron chi connectivity index (χ1n) is 19.1. The van der Waals surface area contributed by atoms with Gasteiger partial charge in [0.1, 0.15) is 41.9 Å². The maximum Gasteiger partial charge on any atom is 0.416 e. The Morgan fingerprint density at radius 2 is 1.31 bits per heavy atom. The van der Waals surface area contributed by atoms with E-state index in [0.29, 0.717) is 54.5 Å². The summed E-state index contributed by atoms with van der Waals surface area (Å²) < 4.78 is 30.9. The number of aliphatic hydroxyl groups is 4. The third kappa shape index (κ3) is 11.3. The van der Waals surface area contributed by atoms with Crippen LogP contribution in [0.25, 0.3) is 22.3 Å². The summed E-state index contributed by atoms with van der Waals surface area (Å²) in [4.78, 5) is 62.8. The van der Waals surface area contributed by atoms with Gasteiger partial charge < -0.3 is 44.1 Å². The van der Waals surface area contributed by atoms with Crippen LogP contribution in [0.1, 0.15) is 93.5 Å². The van der Waals surface area contributed by atoms with E-state index in [4.69, 9.17) is 28.8 Å². The molecule has 5 N–H and O–H groups in total. The number of imidazole rings is 2. The second-order valence-corrected chi connectivity index (χ2v) is 16.6. The molecule has 0 radical (unpaired) electrons. The normalized spacial score (nSPS) is 22.2. The highest BCUT2D eigenvalue weighted by atomic mass is 16.6. The lowest BCUT2D eigenvalue weighted by atomic mass is 10.1. The Hall–Kier alpha value is -5.13. The molecule has 2 aliphatic rings. The highest BCUT2D eigenvalue weighted by Gasteiger charge is 2.38. The number of nitrogens with one attached hydrogen (secondary N) is 1. The number of carbonyl (C=O) groups is 3. The zero-order valence-electron chi connectivity index (χ0n) is 34.4. The summed E-state index contributed by atoms with van der Waals surface area (Å²) >= 11 is 0. The largest absolute Gasteiger partial charge is 0.460 e. The van der Waals surface area contributed by atoms with Gasteiger partial charge in [-0.15, -0.1) is 0 Å². The first-order valence-corrected chi connectivity index (χ1v) is 19.1. The van der Waals surface area contributed by atoms with E-state index in [1.54, 1.807) is 64.5 Å². The number of ether oxygens (including phenoxy) is 5. The van der Waals surface area contributed by atoms with E-state index in [0.717, 1.165) is 0 Å². The zero-order chi connectivity index (χ0) is 43.3. The summed E-state index contributed by atoms with van der Waals surface area (Å²) in [6.07, 6.45) is 2.26. The Bertz CT molecular complexity index is 2060. The number of aromatic nitrogens is 8. The standard InChI is InChI=1S/C21H31N5O7.C16H23N5O5/c1-20(2,3)33-19(30)25(9-21(4,5)31-12-28)17-16-18(23-10-22-17)26(11-24-16)15-8-13(29)14(32-15)6-7-27;1-16(2,3)26-15(24)20-13-12-14(18-7-17-13)21(8-19-12)11-6-9(23)10(25-11)4-5-22/h10-15,27,29H,6-9H2,1-5H3;7-11,22-23H,4-6H2,1-3H3,(H,17,18,20,24)/t13-,14-,15-;9-,10-,11-/m11/s1. The van der Waals surface area contributed by atoms with Gasteiger partial charge in [0.05, 0.1) is 43.6 Å². The number of hydrogen-bond donors (Lipinski definition) is 5. The maximum absolute atomic E-state index is 13.1. The van der Waals surface area contributed by atoms with Crippen molar-refractivity contribution in [3.8, 4) is 0 Å². The smallest absolute Gasteiger partial charge is 0.416 e. The number of hydrogen-bond acceptors (Lipinski definition) is 18. The van der Waals surface area contributed by atoms with Gasteiger partial charge in [-0.25, -0.2) is 39.5 Å². The molecule has 2 fully saturated rings. The van der Waals surface area contributed by atoms with Crippen molar-refractivity contribution in [2.75, 3.05) is 30.0 Å². The molecule has 0 unspecified atom stereocenters. The fourth-order valence-corrected chi connectivity index (χ4v) is 6.44. The van der Waals surface area contributed by atoms with Crippen LogP contribution in [0.3, 0.4) is 0 Å². The highest BCUT2D eigenvalue weighted by molar-refractivity contribution is 5.96. The number of amides is 2. The van der Waals surface area contributed by atoms with Crippen LogP contribution in [-0.2, 0) is 28.5 Å². The predicted molar refractivity (Wildman–Crippen MR) is 208 cm³/mol. The van der Waals surface area contributed by atoms with E-state index >= 15 is 0 Å². The molecule has 0 aromatic carbocycles. The number of nitrogens with zero attached hydrogens (tertiary/aromatic N) is 9. The van der Waals surface area contributed by atoms with E-state index < -0.39 is 65.9 Å². The van der Waals surface area contributed by atoms with E-state index in [9.17, 15) is 29.7 Å². The van der Waals surface area contributed by atoms with Crippen molar-refractivity contribution in [1.29, 1.82) is 0 Å². The van der Waals surface area contributed by atoms with Gasteiger partial charge in [-0.2, -0.15) is 0 Å². The van der Waals surface area contributed by atoms with Crippen LogP contribution in [-0.4, -0.2) is 139 Å². The van der Waals surface area contributed by atoms with Gasteiger partial charge >= 0.3 is 12.2 Å². The maximum atomic E-state index is 13.1. The van der Waals surface area contributed by atoms with Crippen molar-refractivity contribution in [3.05, 3.63) is 25.3 Å². The highest BCUT2D eigenvalue weighted by Crippen LogP contribution is 2.35. The van der Waals surface area contributed by atoms with Crippen molar-refractivity contribution >= 4 is 52.6 Å². The quantitative estimate of drug-likeness (QED) is 0.101. The lowest BCUT2D eigenvalue weighted by Crippen LogP contribution is -2.46. The molecule has 324 valence electrons. The van der Waals surface area contributed by atoms with Gasteiger partial charge in [0.25, 0.3) is 6.47 Å². The molecule has 59 heavy (non-hydrogen) atoms. The third-order valence-electron chi connectivity index (χ3n) is 8.95. The second-order valence-electron chi connectivity index (χ2n) is 16.6. The van der Waals surface area contributed by atoms with Crippen LogP contribution in [0, 0.1) is 0 Å². The number of rotatable bonds is 12. The Morgan fingerprint density at radius 1 is 0.797 bits per heavy atom. The number of carbonyl (C=O) groups excluding carboxylic acids is 3. The number of fused-ring (bicyclic) bond motifs is 2. The average Bonchev–Trinajstić information content (AvgIpc) is 3.92. The van der Waals surface area contributed by atoms with Gasteiger partial charge in [0.2, 0.25) is 0 Å². The molecular formula is C37H54N10O12. The molecule has 0 bridgehead atoms. The van der Waals surface area contributed by atoms with E-state index in [2.05, 4.69) is 35.2 Å². The molecule has 6 rings (SSSR count). The van der Waals surface area contributed by atoms with Gasteiger partial charge in [-0.3, -0.25) is 24.1 Å². The molecule has 0 aliphatic carbocycles. The Labute approximate surface area is 339 Å². The zero-order valence-corrected chi connectivity index (χ0v) is 34.4. The first kappa shape index (κ1) is 45.0. The summed E-state index contributed by atoms with van der Waals surface area (Å²) in [6, 6.07) is 0. The molecule has 2 amide bonds. The first-order chi connectivity index (χ1) is 27.7. The van der Waals surface area contributed by atoms with Crippen molar-refractivity contribution in [3.63, 3.8) is 0 Å². The summed E-state index contributed by atoms with van der Waals surface area (Å²) in [6.45, 7) is 14.0. The number of aliphatic hydroxyl groups excluding tert-OH is 4. The van der Waals surface area contributed by atoms with Crippen LogP contribution < -0.4 is 10.2 Å². The van der Waals surface area contributed by atoms with Crippen molar-refractivity contribution in [1.82, 2.24) is 39.0 Å². The van der Waals surface area contributed by atoms with E-state index in [-0.39, 0.29) is 31.4 Å². The van der Waals surface area contributed by atoms with Crippen molar-refractivity contribution in [2.24, 2.45) is 0 Å². The Balaban J connectivity index is 0.000000230. The van der Waals surface area contributed by atoms with E-state index in [1.165, 1.54) is 30.2 Å². The molecular weight excluding hydrogens is 776 g/mol. The Kier molecular flexibility index (Phi) is 14.0. The van der Waals surface area contributed by atoms with Crippen molar-refractivity contribution < 1.29 is 58.5 Å². The topological polar surface area (TPSA) is 281 Å². The molecule has 0 saturated carbocycles. The lowest BCUT2D eigenvalue weighted by Gasteiger charge is -2.32. The van der Waals surface area contributed by atoms with Gasteiger partial charge in [0, 0.05) is 26.1 Å². The lowest BCUT2D eigenvalue weighted by molar-refractivity contribution is -0.139. The van der Waals surface area contributed by atoms with Crippen molar-refractivity contribution in [2.45, 2.75) is 135 Å². The van der Waals surface area contributed by atoms with Gasteiger partial charge in [-0.05, 0) is 68.2 Å². The average molecular weight is 831 g/mol. The molecule has 22 nitrogen and oxygen atoms in total. The minimum absolute atomic E-state index is 0.0448. The minimum atomic E-state index is -1.03. The summed E-state index contributed by atoms with van der Waals surface area (Å²) in [5.41, 5.74) is -0.875. The van der Waals surface area contributed by atoms with Crippen LogP contribution in [0.2, 0.25) is 0 Å². The van der Waals surface area contributed by atoms with Gasteiger partial charge in [0.15, 0.2) is 34.0 Å². The third-order valence-corrected chi connectivity index (χ3v) is 8.95. The second kappa shape index (κ2) is 18.4. The number of anilines is 2.